The first-order valence-corrected chi connectivity index (χ1v) is 6.37. The van der Waals surface area contributed by atoms with Crippen molar-refractivity contribution in [2.24, 2.45) is 11.1 Å². The monoisotopic (exact) mass is 212 g/mol. The van der Waals surface area contributed by atoms with Crippen molar-refractivity contribution in [2.45, 2.75) is 58.4 Å². The van der Waals surface area contributed by atoms with Gasteiger partial charge in [-0.05, 0) is 44.7 Å². The molecule has 1 rings (SSSR count). The second kappa shape index (κ2) is 4.84. The summed E-state index contributed by atoms with van der Waals surface area (Å²) in [5.74, 6) is 0. The zero-order chi connectivity index (χ0) is 11.5. The molecule has 15 heavy (non-hydrogen) atoms. The van der Waals surface area contributed by atoms with Gasteiger partial charge in [-0.25, -0.2) is 0 Å². The number of rotatable bonds is 4. The Morgan fingerprint density at radius 3 is 2.40 bits per heavy atom. The number of likely N-dealkylation sites (N-methyl/N-ethyl adjacent to an activating group) is 1. The highest BCUT2D eigenvalue weighted by atomic mass is 15.2. The fourth-order valence-corrected chi connectivity index (χ4v) is 3.19. The topological polar surface area (TPSA) is 29.3 Å². The first-order chi connectivity index (χ1) is 6.96. The summed E-state index contributed by atoms with van der Waals surface area (Å²) in [5.41, 5.74) is 6.80. The molecular weight excluding hydrogens is 184 g/mol. The van der Waals surface area contributed by atoms with Crippen LogP contribution in [0.4, 0.5) is 0 Å². The third-order valence-electron chi connectivity index (χ3n) is 4.05. The molecule has 1 fully saturated rings. The summed E-state index contributed by atoms with van der Waals surface area (Å²) in [4.78, 5) is 2.51. The standard InChI is InChI=1S/C13H28N2/c1-5-9-15(4)13(11-14)8-6-7-12(2,3)10-13/h5-11,14H2,1-4H3. The third kappa shape index (κ3) is 2.94. The van der Waals surface area contributed by atoms with Crippen molar-refractivity contribution < 1.29 is 0 Å². The van der Waals surface area contributed by atoms with Crippen LogP contribution in [0.25, 0.3) is 0 Å². The summed E-state index contributed by atoms with van der Waals surface area (Å²) in [6.07, 6.45) is 6.45. The largest absolute Gasteiger partial charge is 0.329 e. The highest BCUT2D eigenvalue weighted by Gasteiger charge is 2.41. The Bertz CT molecular complexity index is 201. The Labute approximate surface area is 95.2 Å². The van der Waals surface area contributed by atoms with E-state index in [1.54, 1.807) is 0 Å². The second-order valence-electron chi connectivity index (χ2n) is 6.04. The molecule has 1 aliphatic rings. The molecule has 90 valence electrons. The fourth-order valence-electron chi connectivity index (χ4n) is 3.19. The summed E-state index contributed by atoms with van der Waals surface area (Å²) in [6, 6.07) is 0. The van der Waals surface area contributed by atoms with E-state index >= 15 is 0 Å². The quantitative estimate of drug-likeness (QED) is 0.776. The van der Waals surface area contributed by atoms with Crippen LogP contribution < -0.4 is 5.73 Å². The lowest BCUT2D eigenvalue weighted by atomic mass is 9.67. The summed E-state index contributed by atoms with van der Waals surface area (Å²) in [5, 5.41) is 0. The Morgan fingerprint density at radius 2 is 1.93 bits per heavy atom. The number of nitrogens with two attached hydrogens (primary N) is 1. The zero-order valence-corrected chi connectivity index (χ0v) is 11.0. The first kappa shape index (κ1) is 13.0. The molecule has 0 aromatic rings. The molecule has 1 unspecified atom stereocenters. The molecule has 0 saturated heterocycles. The maximum atomic E-state index is 6.05. The number of nitrogens with zero attached hydrogens (tertiary/aromatic N) is 1. The van der Waals surface area contributed by atoms with E-state index in [1.807, 2.05) is 0 Å². The van der Waals surface area contributed by atoms with Gasteiger partial charge in [0.25, 0.3) is 0 Å². The van der Waals surface area contributed by atoms with Crippen LogP contribution >= 0.6 is 0 Å². The van der Waals surface area contributed by atoms with Crippen LogP contribution in [0.15, 0.2) is 0 Å². The van der Waals surface area contributed by atoms with Gasteiger partial charge in [-0.3, -0.25) is 4.90 Å². The summed E-state index contributed by atoms with van der Waals surface area (Å²) in [7, 11) is 2.25. The third-order valence-corrected chi connectivity index (χ3v) is 4.05. The van der Waals surface area contributed by atoms with Crippen molar-refractivity contribution in [3.8, 4) is 0 Å². The smallest absolute Gasteiger partial charge is 0.0333 e. The van der Waals surface area contributed by atoms with Gasteiger partial charge in [-0.1, -0.05) is 27.2 Å². The molecule has 0 spiro atoms. The number of hydrogen-bond donors (Lipinski definition) is 1. The van der Waals surface area contributed by atoms with Crippen LogP contribution in [0.3, 0.4) is 0 Å². The highest BCUT2D eigenvalue weighted by Crippen LogP contribution is 2.43. The van der Waals surface area contributed by atoms with Crippen molar-refractivity contribution >= 4 is 0 Å². The number of hydrogen-bond acceptors (Lipinski definition) is 2. The molecule has 0 amide bonds. The van der Waals surface area contributed by atoms with Crippen LogP contribution in [0.1, 0.15) is 52.9 Å². The molecule has 1 saturated carbocycles. The predicted molar refractivity (Wildman–Crippen MR) is 67.0 cm³/mol. The molecule has 0 aromatic heterocycles. The highest BCUT2D eigenvalue weighted by molar-refractivity contribution is 4.98. The lowest BCUT2D eigenvalue weighted by Crippen LogP contribution is -2.56. The SMILES string of the molecule is CCCN(C)C1(CN)CCCC(C)(C)C1. The van der Waals surface area contributed by atoms with Gasteiger partial charge in [0, 0.05) is 12.1 Å². The summed E-state index contributed by atoms with van der Waals surface area (Å²) in [6.45, 7) is 9.00. The van der Waals surface area contributed by atoms with E-state index in [0.29, 0.717) is 5.41 Å². The summed E-state index contributed by atoms with van der Waals surface area (Å²) >= 11 is 0. The predicted octanol–water partition coefficient (Wildman–Crippen LogP) is 2.63. The van der Waals surface area contributed by atoms with Crippen LogP contribution in [0, 0.1) is 5.41 Å². The van der Waals surface area contributed by atoms with E-state index in [1.165, 1.54) is 38.6 Å². The minimum Gasteiger partial charge on any atom is -0.329 e. The lowest BCUT2D eigenvalue weighted by Gasteiger charge is -2.49. The van der Waals surface area contributed by atoms with Gasteiger partial charge in [-0.15, -0.1) is 0 Å². The van der Waals surface area contributed by atoms with Gasteiger partial charge in [-0.2, -0.15) is 0 Å². The average molecular weight is 212 g/mol. The molecule has 0 aliphatic heterocycles. The molecule has 2 heteroatoms. The van der Waals surface area contributed by atoms with Crippen LogP contribution in [0.5, 0.6) is 0 Å². The van der Waals surface area contributed by atoms with E-state index in [-0.39, 0.29) is 5.54 Å². The van der Waals surface area contributed by atoms with Crippen LogP contribution in [-0.4, -0.2) is 30.6 Å². The van der Waals surface area contributed by atoms with Gasteiger partial charge in [0.2, 0.25) is 0 Å². The van der Waals surface area contributed by atoms with Crippen molar-refractivity contribution in [3.63, 3.8) is 0 Å². The van der Waals surface area contributed by atoms with Crippen LogP contribution in [0.2, 0.25) is 0 Å². The van der Waals surface area contributed by atoms with E-state index in [4.69, 9.17) is 5.73 Å². The molecular formula is C13H28N2. The normalized spacial score (nSPS) is 30.8. The van der Waals surface area contributed by atoms with Crippen molar-refractivity contribution in [3.05, 3.63) is 0 Å². The molecule has 2 N–H and O–H groups in total. The van der Waals surface area contributed by atoms with Crippen LogP contribution in [-0.2, 0) is 0 Å². The maximum absolute atomic E-state index is 6.05. The van der Waals surface area contributed by atoms with E-state index in [0.717, 1.165) is 6.54 Å². The molecule has 2 nitrogen and oxygen atoms in total. The molecule has 0 heterocycles. The zero-order valence-electron chi connectivity index (χ0n) is 11.0. The van der Waals surface area contributed by atoms with Gasteiger partial charge in [0.15, 0.2) is 0 Å². The maximum Gasteiger partial charge on any atom is 0.0333 e. The Balaban J connectivity index is 2.74. The van der Waals surface area contributed by atoms with E-state index in [2.05, 4.69) is 32.7 Å². The van der Waals surface area contributed by atoms with E-state index in [9.17, 15) is 0 Å². The first-order valence-electron chi connectivity index (χ1n) is 6.37. The average Bonchev–Trinajstić information content (AvgIpc) is 2.16. The lowest BCUT2D eigenvalue weighted by molar-refractivity contribution is 0.0276. The van der Waals surface area contributed by atoms with Crippen molar-refractivity contribution in [1.82, 2.24) is 4.90 Å². The fraction of sp³-hybridized carbons (Fsp3) is 1.00. The minimum absolute atomic E-state index is 0.276. The van der Waals surface area contributed by atoms with Crippen molar-refractivity contribution in [2.75, 3.05) is 20.1 Å². The van der Waals surface area contributed by atoms with Gasteiger partial charge in [0.1, 0.15) is 0 Å². The van der Waals surface area contributed by atoms with Gasteiger partial charge < -0.3 is 5.73 Å². The Hall–Kier alpha value is -0.0800. The Kier molecular flexibility index (Phi) is 4.19. The molecule has 0 aromatic carbocycles. The van der Waals surface area contributed by atoms with Gasteiger partial charge >= 0.3 is 0 Å². The van der Waals surface area contributed by atoms with E-state index < -0.39 is 0 Å². The van der Waals surface area contributed by atoms with Gasteiger partial charge in [0.05, 0.1) is 0 Å². The summed E-state index contributed by atoms with van der Waals surface area (Å²) < 4.78 is 0. The molecule has 1 aliphatic carbocycles. The van der Waals surface area contributed by atoms with Crippen molar-refractivity contribution in [1.29, 1.82) is 0 Å². The molecule has 0 radical (unpaired) electrons. The molecule has 0 bridgehead atoms. The second-order valence-corrected chi connectivity index (χ2v) is 6.04. The minimum atomic E-state index is 0.276. The Morgan fingerprint density at radius 1 is 1.27 bits per heavy atom. The molecule has 1 atom stereocenters.